The molecule has 18 heavy (non-hydrogen) atoms. The molecule has 0 saturated heterocycles. The molecular weight excluding hydrogens is 224 g/mol. The van der Waals surface area contributed by atoms with E-state index in [0.717, 1.165) is 27.6 Å². The average molecular weight is 243 g/mol. The summed E-state index contributed by atoms with van der Waals surface area (Å²) in [5.74, 6) is 0. The summed E-state index contributed by atoms with van der Waals surface area (Å²) in [5, 5.41) is 11.2. The molecule has 1 aliphatic carbocycles. The van der Waals surface area contributed by atoms with Crippen LogP contribution in [-0.2, 0) is 6.42 Å². The first-order valence-electron chi connectivity index (χ1n) is 7.71. The Bertz CT molecular complexity index is 747. The van der Waals surface area contributed by atoms with Crippen LogP contribution in [-0.4, -0.2) is 40.7 Å². The molecular formula is C15H16N2O. The highest BCUT2D eigenvalue weighted by molar-refractivity contribution is 5.98. The molecule has 3 heteroatoms. The van der Waals surface area contributed by atoms with Gasteiger partial charge in [0.1, 0.15) is 0 Å². The van der Waals surface area contributed by atoms with Crippen molar-refractivity contribution in [3.63, 3.8) is 0 Å². The van der Waals surface area contributed by atoms with Crippen molar-refractivity contribution in [1.29, 1.82) is 0 Å². The summed E-state index contributed by atoms with van der Waals surface area (Å²) in [4.78, 5) is 4.69. The Morgan fingerprint density at radius 3 is 3.33 bits per heavy atom. The van der Waals surface area contributed by atoms with Gasteiger partial charge in [0.05, 0.1) is 6.10 Å². The van der Waals surface area contributed by atoms with E-state index in [-0.39, 0.29) is 12.6 Å². The Balaban J connectivity index is 1.93. The summed E-state index contributed by atoms with van der Waals surface area (Å²) < 4.78 is 23.2. The maximum atomic E-state index is 10.1. The second-order valence-corrected chi connectivity index (χ2v) is 5.10. The minimum atomic E-state index is -2.20. The predicted octanol–water partition coefficient (Wildman–Crippen LogP) is 1.78. The lowest BCUT2D eigenvalue weighted by Gasteiger charge is -2.38. The van der Waals surface area contributed by atoms with Crippen molar-refractivity contribution in [1.82, 2.24) is 9.88 Å². The van der Waals surface area contributed by atoms with E-state index in [0.29, 0.717) is 6.42 Å². The third-order valence-electron chi connectivity index (χ3n) is 4.00. The number of aliphatic hydroxyl groups excluding tert-OH is 1. The standard InChI is InChI=1S/C15H16N2O/c1-17-8-10(18)6-12-11-3-2-4-13-15(11)9(7-16-13)5-14(12)17/h2-4,6-7,10,14,16,18H,5,8H2,1H3/t10-,14+/m0/s1/i1D3. The Hall–Kier alpha value is -1.58. The van der Waals surface area contributed by atoms with Gasteiger partial charge in [0.15, 0.2) is 0 Å². The van der Waals surface area contributed by atoms with Crippen LogP contribution in [0.3, 0.4) is 0 Å². The molecule has 2 aliphatic rings. The van der Waals surface area contributed by atoms with Gasteiger partial charge in [-0.3, -0.25) is 4.90 Å². The third-order valence-corrected chi connectivity index (χ3v) is 4.00. The number of nitrogens with one attached hydrogen (secondary N) is 1. The number of rotatable bonds is 0. The largest absolute Gasteiger partial charge is 0.388 e. The van der Waals surface area contributed by atoms with E-state index in [1.807, 2.05) is 30.5 Å². The number of H-pyrrole nitrogens is 1. The van der Waals surface area contributed by atoms with Crippen molar-refractivity contribution in [2.24, 2.45) is 0 Å². The fraction of sp³-hybridized carbons (Fsp3) is 0.333. The fourth-order valence-electron chi connectivity index (χ4n) is 3.22. The summed E-state index contributed by atoms with van der Waals surface area (Å²) in [6, 6.07) is 5.79. The zero-order valence-electron chi connectivity index (χ0n) is 12.9. The molecule has 4 rings (SSSR count). The van der Waals surface area contributed by atoms with E-state index < -0.39 is 13.1 Å². The first-order valence-corrected chi connectivity index (χ1v) is 6.21. The fourth-order valence-corrected chi connectivity index (χ4v) is 3.22. The minimum Gasteiger partial charge on any atom is -0.388 e. The van der Waals surface area contributed by atoms with Crippen LogP contribution in [0.4, 0.5) is 0 Å². The zero-order valence-corrected chi connectivity index (χ0v) is 9.85. The van der Waals surface area contributed by atoms with E-state index in [1.54, 1.807) is 0 Å². The number of aromatic nitrogens is 1. The maximum absolute atomic E-state index is 10.1. The molecule has 0 radical (unpaired) electrons. The lowest BCUT2D eigenvalue weighted by Crippen LogP contribution is -2.44. The highest BCUT2D eigenvalue weighted by atomic mass is 16.3. The molecule has 2 aromatic rings. The van der Waals surface area contributed by atoms with E-state index in [4.69, 9.17) is 4.11 Å². The first-order chi connectivity index (χ1) is 9.95. The molecule has 2 heterocycles. The number of nitrogens with zero attached hydrogens (tertiary/aromatic N) is 1. The van der Waals surface area contributed by atoms with Crippen LogP contribution in [0.2, 0.25) is 0 Å². The van der Waals surface area contributed by atoms with E-state index in [9.17, 15) is 5.11 Å². The molecule has 1 aromatic heterocycles. The number of aliphatic hydroxyl groups is 1. The van der Waals surface area contributed by atoms with E-state index >= 15 is 0 Å². The van der Waals surface area contributed by atoms with Gasteiger partial charge in [-0.1, -0.05) is 12.1 Å². The number of likely N-dealkylation sites (N-methyl/N-ethyl adjacent to an activating group) is 1. The van der Waals surface area contributed by atoms with Crippen LogP contribution in [0.15, 0.2) is 30.5 Å². The molecule has 1 aliphatic heterocycles. The monoisotopic (exact) mass is 243 g/mol. The van der Waals surface area contributed by atoms with E-state index in [1.165, 1.54) is 4.90 Å². The van der Waals surface area contributed by atoms with Crippen LogP contribution >= 0.6 is 0 Å². The first kappa shape index (κ1) is 7.77. The number of β-amino-alcohol motifs (C(OH)–C–C–N with tert-alkyl or cyclic N) is 1. The molecule has 0 amide bonds. The second kappa shape index (κ2) is 3.46. The molecule has 0 saturated carbocycles. The number of hydrogen-bond acceptors (Lipinski definition) is 2. The zero-order chi connectivity index (χ0) is 14.8. The molecule has 0 spiro atoms. The quantitative estimate of drug-likeness (QED) is 0.740. The Labute approximate surface area is 110 Å². The SMILES string of the molecule is [2H]C([2H])([2H])N1C[C@@H](O)C=C2c3cccc4[nH]cc(c34)C[C@H]21. The van der Waals surface area contributed by atoms with Gasteiger partial charge in [0.2, 0.25) is 0 Å². The summed E-state index contributed by atoms with van der Waals surface area (Å²) in [7, 11) is 0. The van der Waals surface area contributed by atoms with Gasteiger partial charge in [0.25, 0.3) is 0 Å². The van der Waals surface area contributed by atoms with Gasteiger partial charge in [0, 0.05) is 33.8 Å². The Kier molecular flexibility index (Phi) is 1.50. The smallest absolute Gasteiger partial charge is 0.0854 e. The van der Waals surface area contributed by atoms with Crippen LogP contribution in [0.5, 0.6) is 0 Å². The highest BCUT2D eigenvalue weighted by Gasteiger charge is 2.32. The number of aromatic amines is 1. The van der Waals surface area contributed by atoms with Crippen molar-refractivity contribution >= 4 is 16.5 Å². The number of benzene rings is 1. The van der Waals surface area contributed by atoms with Crippen molar-refractivity contribution in [2.45, 2.75) is 18.6 Å². The van der Waals surface area contributed by atoms with Gasteiger partial charge in [-0.15, -0.1) is 0 Å². The van der Waals surface area contributed by atoms with Crippen LogP contribution in [0, 0.1) is 0 Å². The van der Waals surface area contributed by atoms with Gasteiger partial charge < -0.3 is 10.1 Å². The van der Waals surface area contributed by atoms with Gasteiger partial charge in [-0.2, -0.15) is 0 Å². The number of fused-ring (bicyclic) bond motifs is 2. The summed E-state index contributed by atoms with van der Waals surface area (Å²) in [5.41, 5.74) is 4.17. The van der Waals surface area contributed by atoms with Gasteiger partial charge in [-0.05, 0) is 42.2 Å². The Morgan fingerprint density at radius 2 is 2.44 bits per heavy atom. The van der Waals surface area contributed by atoms with Crippen LogP contribution in [0.25, 0.3) is 16.5 Å². The molecule has 0 fully saturated rings. The van der Waals surface area contributed by atoms with Crippen molar-refractivity contribution in [3.05, 3.63) is 41.6 Å². The molecule has 3 nitrogen and oxygen atoms in total. The highest BCUT2D eigenvalue weighted by Crippen LogP contribution is 2.39. The summed E-state index contributed by atoms with van der Waals surface area (Å²) in [6.45, 7) is -2.05. The number of hydrogen-bond donors (Lipinski definition) is 2. The van der Waals surface area contributed by atoms with Crippen molar-refractivity contribution < 1.29 is 9.22 Å². The van der Waals surface area contributed by atoms with E-state index in [2.05, 4.69) is 4.98 Å². The minimum absolute atomic E-state index is 0.153. The lowest BCUT2D eigenvalue weighted by atomic mass is 9.81. The summed E-state index contributed by atoms with van der Waals surface area (Å²) in [6.07, 6.45) is 3.70. The molecule has 0 bridgehead atoms. The van der Waals surface area contributed by atoms with Crippen LogP contribution < -0.4 is 0 Å². The van der Waals surface area contributed by atoms with Crippen LogP contribution in [0.1, 0.15) is 15.2 Å². The maximum Gasteiger partial charge on any atom is 0.0854 e. The van der Waals surface area contributed by atoms with Gasteiger partial charge in [-0.25, -0.2) is 0 Å². The van der Waals surface area contributed by atoms with Gasteiger partial charge >= 0.3 is 0 Å². The molecule has 2 N–H and O–H groups in total. The molecule has 2 atom stereocenters. The molecule has 0 unspecified atom stereocenters. The second-order valence-electron chi connectivity index (χ2n) is 5.10. The Morgan fingerprint density at radius 1 is 1.50 bits per heavy atom. The molecule has 1 aromatic carbocycles. The van der Waals surface area contributed by atoms with Crippen molar-refractivity contribution in [2.75, 3.05) is 13.5 Å². The molecule has 92 valence electrons. The predicted molar refractivity (Wildman–Crippen MR) is 72.4 cm³/mol. The van der Waals surface area contributed by atoms with Crippen molar-refractivity contribution in [3.8, 4) is 0 Å². The average Bonchev–Trinajstić information content (AvgIpc) is 2.83. The normalized spacial score (nSPS) is 30.3. The summed E-state index contributed by atoms with van der Waals surface area (Å²) >= 11 is 0. The lowest BCUT2D eigenvalue weighted by molar-refractivity contribution is 0.139. The third kappa shape index (κ3) is 1.26. The topological polar surface area (TPSA) is 39.3 Å².